The minimum Gasteiger partial charge on any atom is -0.374 e. The predicted octanol–water partition coefficient (Wildman–Crippen LogP) is 4.67. The summed E-state index contributed by atoms with van der Waals surface area (Å²) in [6, 6.07) is 17.9. The quantitative estimate of drug-likeness (QED) is 0.661. The van der Waals surface area contributed by atoms with Crippen LogP contribution in [0.15, 0.2) is 60.0 Å². The number of carbonyl (C=O) groups excluding carboxylic acids is 1. The molecule has 0 aliphatic heterocycles. The molecule has 26 heavy (non-hydrogen) atoms. The van der Waals surface area contributed by atoms with Gasteiger partial charge in [-0.25, -0.2) is 4.98 Å². The Labute approximate surface area is 157 Å². The molecule has 0 radical (unpaired) electrons. The van der Waals surface area contributed by atoms with Crippen LogP contribution in [-0.2, 0) is 17.9 Å². The first-order valence-corrected chi connectivity index (χ1v) is 9.48. The number of amides is 1. The van der Waals surface area contributed by atoms with E-state index >= 15 is 0 Å². The van der Waals surface area contributed by atoms with Crippen molar-refractivity contribution in [1.29, 1.82) is 0 Å². The number of benzene rings is 2. The van der Waals surface area contributed by atoms with E-state index in [-0.39, 0.29) is 12.0 Å². The van der Waals surface area contributed by atoms with Gasteiger partial charge in [0.2, 0.25) is 0 Å². The summed E-state index contributed by atoms with van der Waals surface area (Å²) < 4.78 is 5.63. The van der Waals surface area contributed by atoms with Crippen LogP contribution < -0.4 is 5.32 Å². The average Bonchev–Trinajstić information content (AvgIpc) is 3.16. The van der Waals surface area contributed by atoms with E-state index in [9.17, 15) is 4.79 Å². The Kier molecular flexibility index (Phi) is 6.15. The van der Waals surface area contributed by atoms with Crippen molar-refractivity contribution in [3.05, 3.63) is 76.8 Å². The van der Waals surface area contributed by atoms with Gasteiger partial charge in [-0.3, -0.25) is 4.79 Å². The SMILES string of the molecule is CC(C)OCc1cccc(CNC(=O)c2csc(-c3ccccc3)n2)c1. The zero-order chi connectivity index (χ0) is 18.4. The number of ether oxygens (including phenoxy) is 1. The second-order valence-electron chi connectivity index (χ2n) is 6.27. The maximum atomic E-state index is 12.4. The highest BCUT2D eigenvalue weighted by molar-refractivity contribution is 7.13. The highest BCUT2D eigenvalue weighted by Crippen LogP contribution is 2.23. The molecule has 134 valence electrons. The fourth-order valence-electron chi connectivity index (χ4n) is 2.46. The fourth-order valence-corrected chi connectivity index (χ4v) is 3.26. The number of nitrogens with one attached hydrogen (secondary N) is 1. The van der Waals surface area contributed by atoms with Crippen LogP contribution in [0.3, 0.4) is 0 Å². The number of nitrogens with zero attached hydrogens (tertiary/aromatic N) is 1. The molecule has 3 aromatic rings. The summed E-state index contributed by atoms with van der Waals surface area (Å²) in [6.45, 7) is 5.07. The number of hydrogen-bond donors (Lipinski definition) is 1. The summed E-state index contributed by atoms with van der Waals surface area (Å²) in [4.78, 5) is 16.8. The molecule has 4 nitrogen and oxygen atoms in total. The molecule has 1 aromatic heterocycles. The number of hydrogen-bond acceptors (Lipinski definition) is 4. The van der Waals surface area contributed by atoms with Crippen LogP contribution in [0.2, 0.25) is 0 Å². The molecule has 1 heterocycles. The van der Waals surface area contributed by atoms with Crippen molar-refractivity contribution >= 4 is 17.2 Å². The smallest absolute Gasteiger partial charge is 0.271 e. The van der Waals surface area contributed by atoms with Gasteiger partial charge in [0.25, 0.3) is 5.91 Å². The summed E-state index contributed by atoms with van der Waals surface area (Å²) >= 11 is 1.48. The monoisotopic (exact) mass is 366 g/mol. The van der Waals surface area contributed by atoms with Gasteiger partial charge in [0.15, 0.2) is 0 Å². The molecule has 0 spiro atoms. The van der Waals surface area contributed by atoms with Crippen LogP contribution in [0.5, 0.6) is 0 Å². The maximum Gasteiger partial charge on any atom is 0.271 e. The summed E-state index contributed by atoms with van der Waals surface area (Å²) in [5, 5.41) is 5.58. The van der Waals surface area contributed by atoms with Crippen molar-refractivity contribution in [2.24, 2.45) is 0 Å². The summed E-state index contributed by atoms with van der Waals surface area (Å²) in [5.74, 6) is -0.160. The van der Waals surface area contributed by atoms with Crippen molar-refractivity contribution < 1.29 is 9.53 Å². The van der Waals surface area contributed by atoms with Crippen LogP contribution in [0.4, 0.5) is 0 Å². The van der Waals surface area contributed by atoms with Crippen LogP contribution >= 0.6 is 11.3 Å². The number of thiazole rings is 1. The Morgan fingerprint density at radius 1 is 1.12 bits per heavy atom. The molecule has 0 aliphatic rings. The molecule has 0 unspecified atom stereocenters. The van der Waals surface area contributed by atoms with Gasteiger partial charge in [0.1, 0.15) is 10.7 Å². The summed E-state index contributed by atoms with van der Waals surface area (Å²) in [5.41, 5.74) is 3.62. The lowest BCUT2D eigenvalue weighted by atomic mass is 10.1. The lowest BCUT2D eigenvalue weighted by Crippen LogP contribution is -2.23. The van der Waals surface area contributed by atoms with E-state index < -0.39 is 0 Å². The molecule has 0 aliphatic carbocycles. The Morgan fingerprint density at radius 2 is 1.88 bits per heavy atom. The first-order chi connectivity index (χ1) is 12.6. The fraction of sp³-hybridized carbons (Fsp3) is 0.238. The van der Waals surface area contributed by atoms with Gasteiger partial charge in [0, 0.05) is 17.5 Å². The van der Waals surface area contributed by atoms with E-state index in [1.165, 1.54) is 11.3 Å². The minimum absolute atomic E-state index is 0.160. The van der Waals surface area contributed by atoms with Gasteiger partial charge in [-0.15, -0.1) is 11.3 Å². The van der Waals surface area contributed by atoms with E-state index in [1.54, 1.807) is 5.38 Å². The number of aromatic nitrogens is 1. The zero-order valence-corrected chi connectivity index (χ0v) is 15.8. The number of rotatable bonds is 7. The molecule has 1 amide bonds. The topological polar surface area (TPSA) is 51.2 Å². The molecule has 0 saturated carbocycles. The van der Waals surface area contributed by atoms with Crippen molar-refractivity contribution in [3.8, 4) is 10.6 Å². The van der Waals surface area contributed by atoms with Gasteiger partial charge in [0.05, 0.1) is 12.7 Å². The van der Waals surface area contributed by atoms with Crippen molar-refractivity contribution in [2.75, 3.05) is 0 Å². The Balaban J connectivity index is 1.59. The lowest BCUT2D eigenvalue weighted by Gasteiger charge is -2.09. The van der Waals surface area contributed by atoms with Gasteiger partial charge < -0.3 is 10.1 Å². The van der Waals surface area contributed by atoms with Gasteiger partial charge >= 0.3 is 0 Å². The molecule has 0 bridgehead atoms. The van der Waals surface area contributed by atoms with Crippen molar-refractivity contribution in [3.63, 3.8) is 0 Å². The second kappa shape index (κ2) is 8.74. The first kappa shape index (κ1) is 18.3. The van der Waals surface area contributed by atoms with Gasteiger partial charge in [-0.1, -0.05) is 54.6 Å². The van der Waals surface area contributed by atoms with Crippen LogP contribution in [-0.4, -0.2) is 17.0 Å². The molecule has 5 heteroatoms. The zero-order valence-electron chi connectivity index (χ0n) is 14.9. The second-order valence-corrected chi connectivity index (χ2v) is 7.12. The van der Waals surface area contributed by atoms with Crippen LogP contribution in [0.1, 0.15) is 35.5 Å². The highest BCUT2D eigenvalue weighted by atomic mass is 32.1. The molecule has 2 aromatic carbocycles. The average molecular weight is 366 g/mol. The lowest BCUT2D eigenvalue weighted by molar-refractivity contribution is 0.0657. The molecule has 0 fully saturated rings. The molecular formula is C21H22N2O2S. The van der Waals surface area contributed by atoms with Crippen LogP contribution in [0, 0.1) is 0 Å². The third-order valence-electron chi connectivity index (χ3n) is 3.79. The minimum atomic E-state index is -0.160. The third kappa shape index (κ3) is 5.00. The largest absolute Gasteiger partial charge is 0.374 e. The summed E-state index contributed by atoms with van der Waals surface area (Å²) in [7, 11) is 0. The number of carbonyl (C=O) groups is 1. The van der Waals surface area contributed by atoms with Gasteiger partial charge in [-0.05, 0) is 25.0 Å². The summed E-state index contributed by atoms with van der Waals surface area (Å²) in [6.07, 6.45) is 0.196. The third-order valence-corrected chi connectivity index (χ3v) is 4.68. The van der Waals surface area contributed by atoms with E-state index in [0.717, 1.165) is 21.7 Å². The maximum absolute atomic E-state index is 12.4. The van der Waals surface area contributed by atoms with E-state index in [4.69, 9.17) is 4.74 Å². The van der Waals surface area contributed by atoms with E-state index in [0.29, 0.717) is 18.8 Å². The standard InChI is InChI=1S/C21H22N2O2S/c1-15(2)25-13-17-8-6-7-16(11-17)12-22-20(24)19-14-26-21(23-19)18-9-4-3-5-10-18/h3-11,14-15H,12-13H2,1-2H3,(H,22,24). The Bertz CT molecular complexity index is 859. The van der Waals surface area contributed by atoms with Gasteiger partial charge in [-0.2, -0.15) is 0 Å². The predicted molar refractivity (Wildman–Crippen MR) is 105 cm³/mol. The molecular weight excluding hydrogens is 344 g/mol. The Hall–Kier alpha value is -2.50. The Morgan fingerprint density at radius 3 is 2.65 bits per heavy atom. The van der Waals surface area contributed by atoms with E-state index in [1.807, 2.05) is 62.4 Å². The highest BCUT2D eigenvalue weighted by Gasteiger charge is 2.11. The molecule has 0 saturated heterocycles. The molecule has 3 rings (SSSR count). The van der Waals surface area contributed by atoms with Crippen molar-refractivity contribution in [1.82, 2.24) is 10.3 Å². The molecule has 1 N–H and O–H groups in total. The normalized spacial score (nSPS) is 10.9. The first-order valence-electron chi connectivity index (χ1n) is 8.60. The van der Waals surface area contributed by atoms with Crippen molar-refractivity contribution in [2.45, 2.75) is 33.1 Å². The van der Waals surface area contributed by atoms with Crippen LogP contribution in [0.25, 0.3) is 10.6 Å². The molecule has 0 atom stereocenters. The van der Waals surface area contributed by atoms with E-state index in [2.05, 4.69) is 16.4 Å².